The van der Waals surface area contributed by atoms with Crippen molar-refractivity contribution in [1.82, 2.24) is 9.78 Å². The molecule has 11 heavy (non-hydrogen) atoms. The Hall–Kier alpha value is -0.790. The van der Waals surface area contributed by atoms with E-state index in [1.807, 2.05) is 10.7 Å². The van der Waals surface area contributed by atoms with Gasteiger partial charge in [0.2, 0.25) is 0 Å². The maximum absolute atomic E-state index is 4.33. The Balaban J connectivity index is 2.58. The number of hydrogen-bond acceptors (Lipinski definition) is 1. The molecule has 0 N–H and O–H groups in total. The summed E-state index contributed by atoms with van der Waals surface area (Å²) < 4.78 is 1.84. The van der Waals surface area contributed by atoms with Gasteiger partial charge in [-0.25, -0.2) is 0 Å². The number of aryl methyl sites for hydroxylation is 1. The molecule has 1 rings (SSSR count). The van der Waals surface area contributed by atoms with Gasteiger partial charge in [0.05, 0.1) is 11.9 Å². The molecular weight excluding hydrogens is 136 g/mol. The predicted molar refractivity (Wildman–Crippen MR) is 45.3 cm³/mol. The minimum absolute atomic E-state index is 0.684. The van der Waals surface area contributed by atoms with Crippen molar-refractivity contribution in [1.29, 1.82) is 0 Å². The second kappa shape index (κ2) is 3.56. The highest BCUT2D eigenvalue weighted by atomic mass is 15.3. The van der Waals surface area contributed by atoms with E-state index in [2.05, 4.69) is 32.1 Å². The van der Waals surface area contributed by atoms with Crippen LogP contribution in [-0.4, -0.2) is 9.78 Å². The molecule has 61 valence electrons. The van der Waals surface area contributed by atoms with E-state index in [-0.39, 0.29) is 0 Å². The van der Waals surface area contributed by atoms with E-state index in [0.717, 1.165) is 18.7 Å². The third-order valence-corrected chi connectivity index (χ3v) is 1.55. The van der Waals surface area contributed by atoms with E-state index in [1.165, 1.54) is 0 Å². The Bertz CT molecular complexity index is 213. The molecule has 0 amide bonds. The van der Waals surface area contributed by atoms with E-state index in [9.17, 15) is 0 Å². The lowest BCUT2D eigenvalue weighted by molar-refractivity contribution is 0.598. The molecule has 0 atom stereocenters. The van der Waals surface area contributed by atoms with E-state index in [1.54, 1.807) is 0 Å². The van der Waals surface area contributed by atoms with Gasteiger partial charge in [0, 0.05) is 6.54 Å². The summed E-state index contributed by atoms with van der Waals surface area (Å²) in [6.45, 7) is 7.39. The molecule has 2 nitrogen and oxygen atoms in total. The van der Waals surface area contributed by atoms with E-state index in [4.69, 9.17) is 0 Å². The monoisotopic (exact) mass is 151 g/mol. The topological polar surface area (TPSA) is 17.8 Å². The third kappa shape index (κ3) is 2.37. The van der Waals surface area contributed by atoms with Crippen LogP contribution in [0.15, 0.2) is 6.07 Å². The van der Waals surface area contributed by atoms with Crippen molar-refractivity contribution in [3.63, 3.8) is 0 Å². The molecule has 0 bridgehead atoms. The Morgan fingerprint density at radius 1 is 1.64 bits per heavy atom. The van der Waals surface area contributed by atoms with Crippen molar-refractivity contribution in [2.24, 2.45) is 5.92 Å². The van der Waals surface area contributed by atoms with E-state index in [0.29, 0.717) is 5.92 Å². The van der Waals surface area contributed by atoms with Gasteiger partial charge in [-0.3, -0.25) is 4.68 Å². The van der Waals surface area contributed by atoms with Crippen LogP contribution in [0.3, 0.4) is 0 Å². The zero-order chi connectivity index (χ0) is 8.27. The van der Waals surface area contributed by atoms with Crippen LogP contribution in [0.25, 0.3) is 0 Å². The molecular formula is C9H15N2. The zero-order valence-corrected chi connectivity index (χ0v) is 7.46. The second-order valence-corrected chi connectivity index (χ2v) is 3.18. The van der Waals surface area contributed by atoms with Crippen molar-refractivity contribution in [3.8, 4) is 0 Å². The average molecular weight is 151 g/mol. The Morgan fingerprint density at radius 2 is 2.36 bits per heavy atom. The van der Waals surface area contributed by atoms with Crippen LogP contribution in [0.5, 0.6) is 0 Å². The Labute approximate surface area is 68.2 Å². The fraction of sp³-hybridized carbons (Fsp3) is 0.667. The predicted octanol–water partition coefficient (Wildman–Crippen LogP) is 1.90. The quantitative estimate of drug-likeness (QED) is 0.645. The van der Waals surface area contributed by atoms with Gasteiger partial charge in [0.25, 0.3) is 0 Å². The smallest absolute Gasteiger partial charge is 0.0866 e. The summed E-state index contributed by atoms with van der Waals surface area (Å²) in [5.41, 5.74) is 1.15. The maximum Gasteiger partial charge on any atom is 0.0866 e. The molecule has 0 saturated carbocycles. The molecule has 1 aromatic heterocycles. The lowest BCUT2D eigenvalue weighted by atomic mass is 10.1. The highest BCUT2D eigenvalue weighted by molar-refractivity contribution is 4.98. The number of aromatic nitrogens is 2. The van der Waals surface area contributed by atoms with Gasteiger partial charge in [0.15, 0.2) is 0 Å². The van der Waals surface area contributed by atoms with Gasteiger partial charge in [-0.1, -0.05) is 13.8 Å². The average Bonchev–Trinajstić information content (AvgIpc) is 2.34. The standard InChI is InChI=1S/C9H15N2/c1-4-11-6-5-9(10-11)7-8(2)3/h5,8H,4,7H2,1-3H3. The summed E-state index contributed by atoms with van der Waals surface area (Å²) in [7, 11) is 0. The summed E-state index contributed by atoms with van der Waals surface area (Å²) in [5.74, 6) is 0.684. The van der Waals surface area contributed by atoms with Gasteiger partial charge < -0.3 is 0 Å². The molecule has 1 heterocycles. The van der Waals surface area contributed by atoms with Crippen molar-refractivity contribution in [2.45, 2.75) is 33.7 Å². The Kier molecular flexibility index (Phi) is 2.69. The SMILES string of the molecule is CCn1[c]cc(CC(C)C)n1. The van der Waals surface area contributed by atoms with Crippen LogP contribution in [0.1, 0.15) is 26.5 Å². The first-order valence-electron chi connectivity index (χ1n) is 4.16. The normalized spacial score (nSPS) is 10.9. The van der Waals surface area contributed by atoms with Crippen LogP contribution in [0.4, 0.5) is 0 Å². The highest BCUT2D eigenvalue weighted by Gasteiger charge is 2.00. The number of rotatable bonds is 3. The zero-order valence-electron chi connectivity index (χ0n) is 7.46. The van der Waals surface area contributed by atoms with Crippen LogP contribution >= 0.6 is 0 Å². The first kappa shape index (κ1) is 8.31. The van der Waals surface area contributed by atoms with Gasteiger partial charge in [-0.05, 0) is 25.3 Å². The van der Waals surface area contributed by atoms with Crippen LogP contribution in [0.2, 0.25) is 0 Å². The molecule has 0 saturated heterocycles. The van der Waals surface area contributed by atoms with Crippen molar-refractivity contribution in [2.75, 3.05) is 0 Å². The Morgan fingerprint density at radius 3 is 2.82 bits per heavy atom. The summed E-state index contributed by atoms with van der Waals surface area (Å²) in [5, 5.41) is 4.33. The van der Waals surface area contributed by atoms with E-state index >= 15 is 0 Å². The molecule has 1 radical (unpaired) electrons. The summed E-state index contributed by atoms with van der Waals surface area (Å²) >= 11 is 0. The molecule has 2 heteroatoms. The number of hydrogen-bond donors (Lipinski definition) is 0. The molecule has 0 spiro atoms. The number of nitrogens with zero attached hydrogens (tertiary/aromatic N) is 2. The van der Waals surface area contributed by atoms with Crippen molar-refractivity contribution < 1.29 is 0 Å². The largest absolute Gasteiger partial charge is 0.263 e. The molecule has 1 aromatic rings. The van der Waals surface area contributed by atoms with E-state index < -0.39 is 0 Å². The lowest BCUT2D eigenvalue weighted by Gasteiger charge is -1.99. The fourth-order valence-electron chi connectivity index (χ4n) is 1.04. The van der Waals surface area contributed by atoms with Crippen molar-refractivity contribution in [3.05, 3.63) is 18.0 Å². The minimum Gasteiger partial charge on any atom is -0.263 e. The summed E-state index contributed by atoms with van der Waals surface area (Å²) in [6, 6.07) is 1.98. The second-order valence-electron chi connectivity index (χ2n) is 3.18. The van der Waals surface area contributed by atoms with Gasteiger partial charge in [0.1, 0.15) is 0 Å². The van der Waals surface area contributed by atoms with Crippen LogP contribution in [-0.2, 0) is 13.0 Å². The van der Waals surface area contributed by atoms with Gasteiger partial charge in [-0.15, -0.1) is 0 Å². The first-order chi connectivity index (χ1) is 5.22. The molecule has 0 aliphatic carbocycles. The molecule has 0 aliphatic rings. The van der Waals surface area contributed by atoms with Gasteiger partial charge in [-0.2, -0.15) is 5.10 Å². The molecule has 0 aromatic carbocycles. The first-order valence-corrected chi connectivity index (χ1v) is 4.16. The molecule has 0 unspecified atom stereocenters. The summed E-state index contributed by atoms with van der Waals surface area (Å²) in [4.78, 5) is 0. The maximum atomic E-state index is 4.33. The molecule has 0 fully saturated rings. The third-order valence-electron chi connectivity index (χ3n) is 1.55. The molecule has 0 aliphatic heterocycles. The fourth-order valence-corrected chi connectivity index (χ4v) is 1.04. The van der Waals surface area contributed by atoms with Crippen molar-refractivity contribution >= 4 is 0 Å². The minimum atomic E-state index is 0.684. The van der Waals surface area contributed by atoms with Crippen LogP contribution < -0.4 is 0 Å². The summed E-state index contributed by atoms with van der Waals surface area (Å²) in [6.07, 6.45) is 4.13. The highest BCUT2D eigenvalue weighted by Crippen LogP contribution is 2.03. The van der Waals surface area contributed by atoms with Gasteiger partial charge >= 0.3 is 0 Å². The van der Waals surface area contributed by atoms with Crippen LogP contribution in [0, 0.1) is 12.1 Å². The lowest BCUT2D eigenvalue weighted by Crippen LogP contribution is -1.98.